The first-order chi connectivity index (χ1) is 0. The maximum Gasteiger partial charge on any atom is 0 e. The number of hydrogen-bond acceptors (Lipinski definition) is 1. The second-order valence-corrected chi connectivity index (χ2v) is 0. The summed E-state index contributed by atoms with van der Waals surface area (Å²) in [6, 6.07) is 0. The van der Waals surface area contributed by atoms with Crippen molar-refractivity contribution in [1.82, 2.24) is 6.15 Å². The fraction of sp³-hybridized carbons (Fsp3) is 0. The van der Waals surface area contributed by atoms with E-state index in [1.807, 2.05) is 0 Å². The molecule has 0 spiro atoms. The van der Waals surface area contributed by atoms with E-state index in [0.29, 0.717) is 0 Å². The molecule has 0 amide bonds. The van der Waals surface area contributed by atoms with Crippen molar-refractivity contribution in [1.29, 1.82) is 0 Å². The van der Waals surface area contributed by atoms with Gasteiger partial charge in [-0.25, -0.2) is 0 Å². The summed E-state index contributed by atoms with van der Waals surface area (Å²) in [5, 5.41) is 0. The molecule has 4 heavy (non-hydrogen) atoms. The molecule has 5 N–H and O–H groups in total. The summed E-state index contributed by atoms with van der Waals surface area (Å²) in [6.07, 6.45) is 0. The topological polar surface area (TPSA) is 66.5 Å². The van der Waals surface area contributed by atoms with E-state index < -0.39 is 0 Å². The molecule has 0 heterocycles. The summed E-state index contributed by atoms with van der Waals surface area (Å²) >= 11 is 0. The fourth-order valence-electron chi connectivity index (χ4n) is 0. The van der Waals surface area contributed by atoms with Crippen LogP contribution in [0.1, 0.15) is 0 Å². The van der Waals surface area contributed by atoms with Crippen LogP contribution in [0.15, 0.2) is 0 Å². The second kappa shape index (κ2) is 19.6. The first kappa shape index (κ1) is 36.5. The third-order valence-corrected chi connectivity index (χ3v) is 0. The van der Waals surface area contributed by atoms with Crippen LogP contribution in [-0.4, -0.2) is 5.48 Å². The maximum atomic E-state index is 0. The maximum absolute atomic E-state index is 0. The zero-order valence-corrected chi connectivity index (χ0v) is 5.93. The van der Waals surface area contributed by atoms with Gasteiger partial charge in [-0.3, -0.25) is 0 Å². The van der Waals surface area contributed by atoms with E-state index in [2.05, 4.69) is 0 Å². The molecule has 0 bridgehead atoms. The van der Waals surface area contributed by atoms with Crippen molar-refractivity contribution in [2.75, 3.05) is 0 Å². The van der Waals surface area contributed by atoms with Crippen molar-refractivity contribution < 1.29 is 69.5 Å². The molecule has 1 radical (unpaired) electrons. The van der Waals surface area contributed by atoms with Crippen LogP contribution in [0.4, 0.5) is 0 Å². The summed E-state index contributed by atoms with van der Waals surface area (Å²) < 4.78 is 0. The fourth-order valence-corrected chi connectivity index (χ4v) is 0. The Hall–Kier alpha value is 2.06. The van der Waals surface area contributed by atoms with Gasteiger partial charge in [0.25, 0.3) is 0 Å². The van der Waals surface area contributed by atoms with E-state index in [4.69, 9.17) is 0 Å². The molecular formula is H5DyNOSc. The molecule has 29 valence electrons. The predicted octanol–water partition coefficient (Wildman–Crippen LogP) is -0.665. The number of hydrogen-bond donors (Lipinski definition) is 1. The van der Waals surface area contributed by atoms with Crippen LogP contribution in [0.25, 0.3) is 0 Å². The first-order valence-electron chi connectivity index (χ1n) is 0. The van der Waals surface area contributed by atoms with Gasteiger partial charge in [0.1, 0.15) is 0 Å². The van der Waals surface area contributed by atoms with Crippen LogP contribution >= 0.6 is 0 Å². The minimum Gasteiger partial charge on any atom is -0.412 e. The zero-order chi connectivity index (χ0) is 0. The van der Waals surface area contributed by atoms with Crippen molar-refractivity contribution in [3.63, 3.8) is 0 Å². The van der Waals surface area contributed by atoms with Gasteiger partial charge in [0.2, 0.25) is 0 Å². The molecule has 0 unspecified atom stereocenters. The predicted molar refractivity (Wildman–Crippen MR) is 8.64 cm³/mol. The quantitative estimate of drug-likeness (QED) is 0.602. The molecule has 0 rings (SSSR count). The minimum atomic E-state index is 0. The van der Waals surface area contributed by atoms with Gasteiger partial charge in [-0.2, -0.15) is 0 Å². The molecule has 0 saturated heterocycles. The van der Waals surface area contributed by atoms with Crippen LogP contribution < -0.4 is 6.15 Å². The molecule has 4 heteroatoms. The number of rotatable bonds is 0. The molecule has 0 aliphatic rings. The average Bonchev–Trinajstić information content (AvgIpc) is 0. The van der Waals surface area contributed by atoms with Crippen LogP contribution in [0, 0.1) is 38.2 Å². The normalized spacial score (nSPS) is 0. The molecule has 2 nitrogen and oxygen atoms in total. The van der Waals surface area contributed by atoms with Gasteiger partial charge in [-0.1, -0.05) is 0 Å². The standard InChI is InChI=1S/Dy.H3N.H2O.Sc/h;1H3;1H2;. The Labute approximate surface area is 74.4 Å². The van der Waals surface area contributed by atoms with Crippen molar-refractivity contribution in [2.45, 2.75) is 0 Å². The van der Waals surface area contributed by atoms with Gasteiger partial charge < -0.3 is 11.6 Å². The molecule has 0 aliphatic heterocycles. The van der Waals surface area contributed by atoms with Crippen LogP contribution in [0.5, 0.6) is 0 Å². The Kier molecular flexibility index (Phi) is 179. The third-order valence-electron chi connectivity index (χ3n) is 0. The molecule has 0 aromatic heterocycles. The van der Waals surface area contributed by atoms with Gasteiger partial charge in [0.05, 0.1) is 0 Å². The minimum absolute atomic E-state index is 0. The molecule has 0 saturated carbocycles. The van der Waals surface area contributed by atoms with Gasteiger partial charge in [0, 0.05) is 64.0 Å². The summed E-state index contributed by atoms with van der Waals surface area (Å²) in [6.45, 7) is 0. The smallest absolute Gasteiger partial charge is 0 e. The molecule has 0 aromatic carbocycles. The van der Waals surface area contributed by atoms with E-state index in [9.17, 15) is 0 Å². The van der Waals surface area contributed by atoms with Gasteiger partial charge >= 0.3 is 0 Å². The Morgan fingerprint density at radius 2 is 1.00 bits per heavy atom. The molecule has 0 aliphatic carbocycles. The zero-order valence-electron chi connectivity index (χ0n) is 2.10. The van der Waals surface area contributed by atoms with E-state index in [1.165, 1.54) is 0 Å². The summed E-state index contributed by atoms with van der Waals surface area (Å²) in [5.41, 5.74) is 0. The van der Waals surface area contributed by atoms with Gasteiger partial charge in [-0.05, 0) is 0 Å². The van der Waals surface area contributed by atoms with E-state index >= 15 is 0 Å². The van der Waals surface area contributed by atoms with Crippen molar-refractivity contribution >= 4 is 0 Å². The van der Waals surface area contributed by atoms with Crippen molar-refractivity contribution in [3.8, 4) is 0 Å². The SMILES string of the molecule is N.O.[Dy].[Sc]. The van der Waals surface area contributed by atoms with Crippen LogP contribution in [-0.2, 0) is 25.8 Å². The Balaban J connectivity index is 0. The first-order valence-corrected chi connectivity index (χ1v) is 0. The summed E-state index contributed by atoms with van der Waals surface area (Å²) in [5.74, 6) is 0. The van der Waals surface area contributed by atoms with Crippen molar-refractivity contribution in [3.05, 3.63) is 0 Å². The Morgan fingerprint density at radius 1 is 1.00 bits per heavy atom. The van der Waals surface area contributed by atoms with E-state index in [1.54, 1.807) is 0 Å². The molecular weight excluding hydrogens is 237 g/mol. The average molecular weight is 243 g/mol. The van der Waals surface area contributed by atoms with Crippen LogP contribution in [0.3, 0.4) is 0 Å². The van der Waals surface area contributed by atoms with Gasteiger partial charge in [0.15, 0.2) is 0 Å². The van der Waals surface area contributed by atoms with E-state index in [0.717, 1.165) is 0 Å². The second-order valence-electron chi connectivity index (χ2n) is 0. The van der Waals surface area contributed by atoms with Crippen molar-refractivity contribution in [2.24, 2.45) is 0 Å². The molecule has 0 aromatic rings. The van der Waals surface area contributed by atoms with Crippen LogP contribution in [0.2, 0.25) is 0 Å². The summed E-state index contributed by atoms with van der Waals surface area (Å²) in [7, 11) is 0. The Bertz CT molecular complexity index is 8.00. The van der Waals surface area contributed by atoms with Gasteiger partial charge in [-0.15, -0.1) is 0 Å². The molecule has 0 atom stereocenters. The largest absolute Gasteiger partial charge is 0.412 e. The third kappa shape index (κ3) is 8.96. The Morgan fingerprint density at radius 3 is 1.00 bits per heavy atom. The monoisotopic (exact) mass is 244 g/mol. The molecule has 0 fully saturated rings. The van der Waals surface area contributed by atoms with E-state index in [-0.39, 0.29) is 75.6 Å². The summed E-state index contributed by atoms with van der Waals surface area (Å²) in [4.78, 5) is 0.